The van der Waals surface area contributed by atoms with E-state index in [4.69, 9.17) is 52.4 Å². The van der Waals surface area contributed by atoms with Crippen molar-refractivity contribution in [1.29, 1.82) is 0 Å². The number of carbonyl (C=O) groups is 3. The van der Waals surface area contributed by atoms with Gasteiger partial charge in [-0.3, -0.25) is 19.4 Å². The van der Waals surface area contributed by atoms with Crippen molar-refractivity contribution in [2.24, 2.45) is 32.2 Å². The number of aliphatic hydroxyl groups excluding tert-OH is 1. The number of amidine groups is 1. The van der Waals surface area contributed by atoms with Crippen LogP contribution < -0.4 is 33.3 Å². The Hall–Kier alpha value is -6.09. The summed E-state index contributed by atoms with van der Waals surface area (Å²) in [7, 11) is -0.0571. The third-order valence-corrected chi connectivity index (χ3v) is 10.9. The molecule has 22 heteroatoms. The standard InChI is InChI=1S/C27H26N2O6S.C13H21N6O4P.C2H6.CH3NO/c30-12-4-2-1-3-11-28-27(36)29-16-5-8-19(22(13-16)26(33)34)25-20-9-6-17(31)14-23(20)35-24-15-18(32)7-10-21(24)25;14-8(3-10(20)21)24-22-4-7-1-2-9(23-7)19-6-18-11-12(15)16-5-17-13(11)19;1-2;2-1-3/h5-10,13-15,30-31H,1-4,11-12H2,(H,33,34)(H2,28,29,36);5-9,11,13,24H,1-4,14H2,(H,20,21)(H2,15,16,17);1-2H3;1H,(H2,2,3). The lowest BCUT2D eigenvalue weighted by Gasteiger charge is -2.30. The summed E-state index contributed by atoms with van der Waals surface area (Å²) in [6.07, 6.45) is 8.25. The number of thiocarbonyl (C=S) groups is 1. The fourth-order valence-electron chi connectivity index (χ4n) is 6.97. The number of fused-ring (bicyclic) bond motifs is 3. The van der Waals surface area contributed by atoms with Gasteiger partial charge in [-0.25, -0.2) is 14.8 Å². The quantitative estimate of drug-likeness (QED) is 0.0249. The van der Waals surface area contributed by atoms with E-state index >= 15 is 0 Å². The Morgan fingerprint density at radius 3 is 2.51 bits per heavy atom. The number of carboxylic acid groups (broad SMARTS) is 2. The fourth-order valence-corrected chi connectivity index (χ4v) is 7.95. The molecule has 6 unspecified atom stereocenters. The number of amides is 1. The van der Waals surface area contributed by atoms with Crippen molar-refractivity contribution >= 4 is 79.7 Å². The Labute approximate surface area is 382 Å². The molecule has 0 saturated carbocycles. The molecule has 1 fully saturated rings. The number of nitrogens with two attached hydrogens (primary N) is 3. The molecule has 7 rings (SSSR count). The van der Waals surface area contributed by atoms with Crippen molar-refractivity contribution in [3.8, 4) is 28.2 Å². The van der Waals surface area contributed by atoms with Gasteiger partial charge in [-0.05, 0) is 79.9 Å². The number of nitrogens with one attached hydrogen (secondary N) is 2. The summed E-state index contributed by atoms with van der Waals surface area (Å²) >= 11 is 5.35. The molecule has 2 aromatic rings. The van der Waals surface area contributed by atoms with Crippen molar-refractivity contribution < 1.29 is 48.5 Å². The Morgan fingerprint density at radius 2 is 1.78 bits per heavy atom. The van der Waals surface area contributed by atoms with Gasteiger partial charge in [-0.15, -0.1) is 0 Å². The van der Waals surface area contributed by atoms with Crippen LogP contribution in [0, 0.1) is 0 Å². The summed E-state index contributed by atoms with van der Waals surface area (Å²) in [4.78, 5) is 58.0. The van der Waals surface area contributed by atoms with E-state index in [1.807, 2.05) is 18.7 Å². The van der Waals surface area contributed by atoms with Crippen LogP contribution in [0.2, 0.25) is 0 Å². The number of nitrogens with zero attached hydrogens (tertiary/aromatic N) is 4. The van der Waals surface area contributed by atoms with Crippen molar-refractivity contribution in [1.82, 2.24) is 10.2 Å². The molecule has 2 aromatic carbocycles. The number of hydrogen-bond donors (Lipinski definition) is 9. The van der Waals surface area contributed by atoms with Crippen LogP contribution in [0.1, 0.15) is 69.2 Å². The SMILES string of the molecule is CC.NC1=NC=NC2C1N=CN2C1CCC(COPC(N)CC(=O)O)O1.NC=O.O=C(O)c1cc(NC(=S)NCCCCCCO)ccc1-c1c2ccc(=O)cc-2oc2cc(O)ccc12. The zero-order valence-corrected chi connectivity index (χ0v) is 37.8. The van der Waals surface area contributed by atoms with Gasteiger partial charge >= 0.3 is 11.9 Å². The van der Waals surface area contributed by atoms with Gasteiger partial charge in [-0.1, -0.05) is 32.8 Å². The number of ether oxygens (including phenoxy) is 1. The number of aliphatic hydroxyl groups is 1. The summed E-state index contributed by atoms with van der Waals surface area (Å²) in [5.41, 5.74) is 17.9. The molecule has 65 heavy (non-hydrogen) atoms. The molecule has 350 valence electrons. The average Bonchev–Trinajstić information content (AvgIpc) is 3.93. The molecule has 12 N–H and O–H groups in total. The number of aliphatic imine (C=N–C) groups is 3. The number of primary amides is 1. The number of rotatable bonds is 16. The lowest BCUT2D eigenvalue weighted by atomic mass is 9.90. The van der Waals surface area contributed by atoms with Gasteiger partial charge in [0.05, 0.1) is 36.8 Å². The zero-order valence-electron chi connectivity index (χ0n) is 36.0. The van der Waals surface area contributed by atoms with Crippen LogP contribution in [0.15, 0.2) is 78.8 Å². The van der Waals surface area contributed by atoms with Gasteiger partial charge in [0, 0.05) is 56.3 Å². The highest BCUT2D eigenvalue weighted by molar-refractivity contribution is 7.80. The molecular formula is C43H56N9O11PS. The Kier molecular flexibility index (Phi) is 20.6. The Balaban J connectivity index is 0.000000276. The van der Waals surface area contributed by atoms with E-state index in [-0.39, 0.29) is 69.5 Å². The van der Waals surface area contributed by atoms with Crippen molar-refractivity contribution in [3.05, 3.63) is 70.4 Å². The monoisotopic (exact) mass is 937 g/mol. The van der Waals surface area contributed by atoms with Crippen LogP contribution in [-0.4, -0.2) is 117 Å². The number of carboxylic acids is 2. The zero-order chi connectivity index (χ0) is 47.5. The first kappa shape index (κ1) is 51.5. The molecular weight excluding hydrogens is 882 g/mol. The van der Waals surface area contributed by atoms with E-state index < -0.39 is 17.7 Å². The van der Waals surface area contributed by atoms with E-state index in [0.717, 1.165) is 38.5 Å². The highest BCUT2D eigenvalue weighted by Gasteiger charge is 2.41. The van der Waals surface area contributed by atoms with Gasteiger partial charge in [0.2, 0.25) is 6.41 Å². The van der Waals surface area contributed by atoms with Crippen LogP contribution in [-0.2, 0) is 18.8 Å². The molecule has 0 spiro atoms. The second-order valence-electron chi connectivity index (χ2n) is 14.3. The highest BCUT2D eigenvalue weighted by Crippen LogP contribution is 2.42. The second kappa shape index (κ2) is 26.0. The molecule has 4 aliphatic heterocycles. The maximum atomic E-state index is 12.3. The highest BCUT2D eigenvalue weighted by atomic mass is 32.1. The largest absolute Gasteiger partial charge is 0.508 e. The summed E-state index contributed by atoms with van der Waals surface area (Å²) in [5.74, 6) is -1.79. The first-order valence-corrected chi connectivity index (χ1v) is 22.3. The van der Waals surface area contributed by atoms with Gasteiger partial charge < -0.3 is 66.8 Å². The predicted molar refractivity (Wildman–Crippen MR) is 255 cm³/mol. The molecule has 0 radical (unpaired) electrons. The van der Waals surface area contributed by atoms with E-state index in [9.17, 15) is 24.6 Å². The lowest BCUT2D eigenvalue weighted by Crippen LogP contribution is -2.47. The summed E-state index contributed by atoms with van der Waals surface area (Å²) < 4.78 is 17.4. The number of aliphatic carboxylic acids is 1. The lowest BCUT2D eigenvalue weighted by molar-refractivity contribution is -0.137. The predicted octanol–water partition coefficient (Wildman–Crippen LogP) is 4.23. The van der Waals surface area contributed by atoms with Gasteiger partial charge in [0.1, 0.15) is 41.5 Å². The molecule has 0 bridgehead atoms. The number of benzene rings is 3. The van der Waals surface area contributed by atoms with Crippen molar-refractivity contribution in [3.63, 3.8) is 0 Å². The minimum Gasteiger partial charge on any atom is -0.508 e. The van der Waals surface area contributed by atoms with Crippen LogP contribution in [0.4, 0.5) is 5.69 Å². The first-order valence-electron chi connectivity index (χ1n) is 20.9. The van der Waals surface area contributed by atoms with Crippen LogP contribution in [0.5, 0.6) is 5.75 Å². The molecule has 0 aromatic heterocycles. The number of unbranched alkanes of at least 4 members (excludes halogenated alkanes) is 3. The number of carbonyl (C=O) groups excluding carboxylic acids is 1. The molecule has 20 nitrogen and oxygen atoms in total. The minimum atomic E-state index is -1.13. The number of aromatic carboxylic acids is 1. The number of phenolic OH excluding ortho intramolecular Hbond substituents is 1. The average molecular weight is 938 g/mol. The topological polar surface area (TPSA) is 323 Å². The molecule has 1 amide bonds. The van der Waals surface area contributed by atoms with Crippen LogP contribution in [0.25, 0.3) is 33.4 Å². The Morgan fingerprint density at radius 1 is 1.05 bits per heavy atom. The minimum absolute atomic E-state index is 0.0118. The third kappa shape index (κ3) is 14.7. The van der Waals surface area contributed by atoms with E-state index in [2.05, 4.69) is 31.3 Å². The molecule has 6 atom stereocenters. The first-order chi connectivity index (χ1) is 31.3. The van der Waals surface area contributed by atoms with Gasteiger partial charge in [0.15, 0.2) is 16.7 Å². The van der Waals surface area contributed by atoms with E-state index in [1.54, 1.807) is 30.6 Å². The van der Waals surface area contributed by atoms with Gasteiger partial charge in [-0.2, -0.15) is 0 Å². The third-order valence-electron chi connectivity index (χ3n) is 9.82. The second-order valence-corrected chi connectivity index (χ2v) is 16.0. The van der Waals surface area contributed by atoms with E-state index in [1.165, 1.54) is 36.7 Å². The summed E-state index contributed by atoms with van der Waals surface area (Å²) in [6, 6.07) is 13.6. The molecule has 1 saturated heterocycles. The smallest absolute Gasteiger partial charge is 0.336 e. The molecule has 5 aliphatic rings. The number of anilines is 1. The van der Waals surface area contributed by atoms with Crippen LogP contribution >= 0.6 is 21.0 Å². The van der Waals surface area contributed by atoms with Crippen molar-refractivity contribution in [2.75, 3.05) is 25.1 Å². The van der Waals surface area contributed by atoms with E-state index in [0.29, 0.717) is 63.2 Å². The molecule has 1 aliphatic carbocycles. The van der Waals surface area contributed by atoms with Gasteiger partial charge in [0.25, 0.3) is 0 Å². The summed E-state index contributed by atoms with van der Waals surface area (Å²) in [6.45, 7) is 5.26. The maximum absolute atomic E-state index is 12.3. The number of phenols is 1. The van der Waals surface area contributed by atoms with Crippen LogP contribution in [0.3, 0.4) is 0 Å². The Bertz CT molecular complexity index is 2370. The van der Waals surface area contributed by atoms with Crippen molar-refractivity contribution in [2.45, 2.75) is 89.1 Å². The maximum Gasteiger partial charge on any atom is 0.336 e. The normalized spacial score (nSPS) is 18.6. The number of hydrogen-bond acceptors (Lipinski definition) is 16. The summed E-state index contributed by atoms with van der Waals surface area (Å²) in [5, 5.41) is 44.6. The fraction of sp³-hybridized carbons (Fsp3) is 0.395. The molecule has 4 heterocycles. The number of aromatic hydroxyl groups is 1.